The summed E-state index contributed by atoms with van der Waals surface area (Å²) in [7, 11) is 3.76. The molecule has 4 aromatic rings. The van der Waals surface area contributed by atoms with Crippen LogP contribution < -0.4 is 16.8 Å². The van der Waals surface area contributed by atoms with E-state index in [1.54, 1.807) is 16.9 Å². The van der Waals surface area contributed by atoms with E-state index in [1.165, 1.54) is 12.1 Å². The Labute approximate surface area is 223 Å². The van der Waals surface area contributed by atoms with Crippen LogP contribution in [0, 0.1) is 18.2 Å². The Hall–Kier alpha value is -4.46. The number of benzene rings is 3. The SMILES string of the molecule is CC(C)(C)c1ccc(C=O)c(F)c1.CNc1cccc(-c2cc(C(=N)N)c(N)c(-c3cnn(C)c3)c2)c1C. The van der Waals surface area contributed by atoms with Gasteiger partial charge in [0, 0.05) is 42.7 Å². The molecule has 0 fully saturated rings. The second-order valence-electron chi connectivity index (χ2n) is 10.1. The van der Waals surface area contributed by atoms with Crippen molar-refractivity contribution in [3.05, 3.63) is 89.0 Å². The van der Waals surface area contributed by atoms with Crippen molar-refractivity contribution in [2.75, 3.05) is 18.1 Å². The molecule has 1 aromatic heterocycles. The highest BCUT2D eigenvalue weighted by molar-refractivity contribution is 6.05. The molecular formula is C30H35FN6O. The first kappa shape index (κ1) is 28.1. The van der Waals surface area contributed by atoms with E-state index in [9.17, 15) is 9.18 Å². The van der Waals surface area contributed by atoms with E-state index in [-0.39, 0.29) is 16.8 Å². The first-order valence-corrected chi connectivity index (χ1v) is 12.2. The van der Waals surface area contributed by atoms with E-state index < -0.39 is 5.82 Å². The van der Waals surface area contributed by atoms with Gasteiger partial charge in [0.15, 0.2) is 6.29 Å². The number of nitrogens with one attached hydrogen (secondary N) is 2. The van der Waals surface area contributed by atoms with Crippen molar-refractivity contribution in [3.63, 3.8) is 0 Å². The van der Waals surface area contributed by atoms with E-state index in [0.717, 1.165) is 39.1 Å². The summed E-state index contributed by atoms with van der Waals surface area (Å²) in [5, 5.41) is 15.3. The van der Waals surface area contributed by atoms with Gasteiger partial charge in [0.2, 0.25) is 0 Å². The molecule has 0 aliphatic carbocycles. The molecule has 0 saturated carbocycles. The molecule has 0 radical (unpaired) electrons. The number of anilines is 2. The summed E-state index contributed by atoms with van der Waals surface area (Å²) in [5.41, 5.74) is 20.0. The van der Waals surface area contributed by atoms with E-state index in [1.807, 2.05) is 65.3 Å². The molecule has 0 saturated heterocycles. The van der Waals surface area contributed by atoms with Gasteiger partial charge >= 0.3 is 0 Å². The standard InChI is InChI=1S/C19H22N6.C11H13FO/c1-11-14(5-4-6-17(11)23-2)12-7-15(13-9-24-25(3)10-13)18(20)16(8-12)19(21)22;1-11(2,3)9-5-4-8(7-13)10(12)6-9/h4-10,23H,20H2,1-3H3,(H3,21,22);4-7H,1-3H3. The number of carbonyl (C=O) groups is 1. The Morgan fingerprint density at radius 1 is 1.11 bits per heavy atom. The summed E-state index contributed by atoms with van der Waals surface area (Å²) >= 11 is 0. The van der Waals surface area contributed by atoms with Crippen molar-refractivity contribution < 1.29 is 9.18 Å². The molecule has 3 aromatic carbocycles. The summed E-state index contributed by atoms with van der Waals surface area (Å²) in [5.74, 6) is -0.491. The van der Waals surface area contributed by atoms with Crippen LogP contribution in [0.3, 0.4) is 0 Å². The molecule has 0 unspecified atom stereocenters. The van der Waals surface area contributed by atoms with Gasteiger partial charge in [-0.1, -0.05) is 39.0 Å². The Bertz CT molecular complexity index is 1480. The van der Waals surface area contributed by atoms with Gasteiger partial charge < -0.3 is 16.8 Å². The topological polar surface area (TPSA) is 123 Å². The van der Waals surface area contributed by atoms with Gasteiger partial charge in [-0.2, -0.15) is 5.10 Å². The van der Waals surface area contributed by atoms with Crippen LogP contribution in [0.15, 0.2) is 60.9 Å². The van der Waals surface area contributed by atoms with Crippen molar-refractivity contribution in [3.8, 4) is 22.3 Å². The van der Waals surface area contributed by atoms with E-state index in [0.29, 0.717) is 17.5 Å². The quantitative estimate of drug-likeness (QED) is 0.114. The Morgan fingerprint density at radius 2 is 1.82 bits per heavy atom. The Balaban J connectivity index is 0.000000260. The lowest BCUT2D eigenvalue weighted by molar-refractivity contribution is 0.111. The third-order valence-corrected chi connectivity index (χ3v) is 6.39. The number of amidine groups is 1. The Morgan fingerprint density at radius 3 is 2.34 bits per heavy atom. The van der Waals surface area contributed by atoms with Crippen molar-refractivity contribution in [1.82, 2.24) is 9.78 Å². The number of aromatic nitrogens is 2. The van der Waals surface area contributed by atoms with Crippen LogP contribution in [0.2, 0.25) is 0 Å². The van der Waals surface area contributed by atoms with Crippen LogP contribution in [-0.2, 0) is 12.5 Å². The molecule has 7 nitrogen and oxygen atoms in total. The summed E-state index contributed by atoms with van der Waals surface area (Å²) in [4.78, 5) is 10.3. The van der Waals surface area contributed by atoms with Gasteiger partial charge in [-0.15, -0.1) is 0 Å². The highest BCUT2D eigenvalue weighted by Gasteiger charge is 2.16. The molecular weight excluding hydrogens is 479 g/mol. The fraction of sp³-hybridized carbons (Fsp3) is 0.233. The van der Waals surface area contributed by atoms with Crippen LogP contribution in [0.4, 0.5) is 15.8 Å². The van der Waals surface area contributed by atoms with Crippen molar-refractivity contribution in [2.24, 2.45) is 12.8 Å². The highest BCUT2D eigenvalue weighted by Crippen LogP contribution is 2.36. The Kier molecular flexibility index (Phi) is 8.36. The minimum absolute atomic E-state index is 0.0492. The normalized spacial score (nSPS) is 10.9. The van der Waals surface area contributed by atoms with Crippen LogP contribution >= 0.6 is 0 Å². The molecule has 38 heavy (non-hydrogen) atoms. The summed E-state index contributed by atoms with van der Waals surface area (Å²) in [6, 6.07) is 14.7. The lowest BCUT2D eigenvalue weighted by Gasteiger charge is -2.18. The lowest BCUT2D eigenvalue weighted by Crippen LogP contribution is -2.14. The molecule has 0 amide bonds. The lowest BCUT2D eigenvalue weighted by atomic mass is 9.86. The fourth-order valence-electron chi connectivity index (χ4n) is 4.14. The van der Waals surface area contributed by atoms with Gasteiger partial charge in [0.1, 0.15) is 11.7 Å². The third kappa shape index (κ3) is 6.08. The maximum absolute atomic E-state index is 13.1. The molecule has 0 spiro atoms. The number of rotatable bonds is 5. The zero-order valence-corrected chi connectivity index (χ0v) is 22.7. The van der Waals surface area contributed by atoms with Crippen LogP contribution in [0.5, 0.6) is 0 Å². The summed E-state index contributed by atoms with van der Waals surface area (Å²) in [6.45, 7) is 8.07. The van der Waals surface area contributed by atoms with Gasteiger partial charge in [0.25, 0.3) is 0 Å². The number of nitrogens with two attached hydrogens (primary N) is 2. The maximum Gasteiger partial charge on any atom is 0.152 e. The molecule has 0 aliphatic heterocycles. The highest BCUT2D eigenvalue weighted by atomic mass is 19.1. The first-order chi connectivity index (χ1) is 17.9. The molecule has 6 N–H and O–H groups in total. The number of aryl methyl sites for hydroxylation is 1. The maximum atomic E-state index is 13.1. The molecule has 8 heteroatoms. The number of nitrogen functional groups attached to an aromatic ring is 2. The molecule has 0 bridgehead atoms. The minimum Gasteiger partial charge on any atom is -0.398 e. The van der Waals surface area contributed by atoms with E-state index >= 15 is 0 Å². The van der Waals surface area contributed by atoms with Gasteiger partial charge in [-0.3, -0.25) is 14.9 Å². The van der Waals surface area contributed by atoms with E-state index in [2.05, 4.69) is 23.4 Å². The molecule has 198 valence electrons. The van der Waals surface area contributed by atoms with Crippen molar-refractivity contribution in [1.29, 1.82) is 5.41 Å². The van der Waals surface area contributed by atoms with Crippen LogP contribution in [0.1, 0.15) is 47.8 Å². The molecule has 4 rings (SSSR count). The predicted molar refractivity (Wildman–Crippen MR) is 154 cm³/mol. The fourth-order valence-corrected chi connectivity index (χ4v) is 4.14. The van der Waals surface area contributed by atoms with Crippen molar-refractivity contribution in [2.45, 2.75) is 33.1 Å². The van der Waals surface area contributed by atoms with Gasteiger partial charge in [-0.25, -0.2) is 4.39 Å². The molecule has 1 heterocycles. The second kappa shape index (κ2) is 11.3. The third-order valence-electron chi connectivity index (χ3n) is 6.39. The number of hydrogen-bond acceptors (Lipinski definition) is 5. The van der Waals surface area contributed by atoms with Crippen LogP contribution in [0.25, 0.3) is 22.3 Å². The number of carbonyl (C=O) groups excluding carboxylic acids is 1. The van der Waals surface area contributed by atoms with Crippen LogP contribution in [-0.4, -0.2) is 28.9 Å². The monoisotopic (exact) mass is 514 g/mol. The smallest absolute Gasteiger partial charge is 0.152 e. The average molecular weight is 515 g/mol. The molecule has 0 atom stereocenters. The zero-order valence-electron chi connectivity index (χ0n) is 22.7. The zero-order chi connectivity index (χ0) is 28.2. The summed E-state index contributed by atoms with van der Waals surface area (Å²) in [6.07, 6.45) is 4.19. The van der Waals surface area contributed by atoms with Gasteiger partial charge in [-0.05, 0) is 64.9 Å². The number of hydrogen-bond donors (Lipinski definition) is 4. The van der Waals surface area contributed by atoms with E-state index in [4.69, 9.17) is 16.9 Å². The van der Waals surface area contributed by atoms with Crippen molar-refractivity contribution >= 4 is 23.5 Å². The molecule has 0 aliphatic rings. The number of aldehydes is 1. The number of nitrogens with zero attached hydrogens (tertiary/aromatic N) is 2. The second-order valence-corrected chi connectivity index (χ2v) is 10.1. The largest absolute Gasteiger partial charge is 0.398 e. The minimum atomic E-state index is -0.442. The summed E-state index contributed by atoms with van der Waals surface area (Å²) < 4.78 is 14.9. The predicted octanol–water partition coefficient (Wildman–Crippen LogP) is 5.91. The van der Waals surface area contributed by atoms with Gasteiger partial charge in [0.05, 0.1) is 17.4 Å². The average Bonchev–Trinajstić information content (AvgIpc) is 3.30. The number of halogens is 1. The first-order valence-electron chi connectivity index (χ1n) is 12.2.